The Labute approximate surface area is 184 Å². The third kappa shape index (κ3) is 4.82. The molecule has 0 radical (unpaired) electrons. The summed E-state index contributed by atoms with van der Waals surface area (Å²) in [6.07, 6.45) is 1.62. The molecule has 4 rings (SSSR count). The molecule has 3 aromatic carbocycles. The van der Waals surface area contributed by atoms with Gasteiger partial charge in [0.05, 0.1) is 19.3 Å². The molecule has 2 N–H and O–H groups in total. The Hall–Kier alpha value is -4.44. The summed E-state index contributed by atoms with van der Waals surface area (Å²) in [5, 5.41) is 6.25. The average Bonchev–Trinajstić information content (AvgIpc) is 3.28. The number of ketones is 1. The van der Waals surface area contributed by atoms with E-state index in [0.717, 1.165) is 22.5 Å². The van der Waals surface area contributed by atoms with Crippen LogP contribution < -0.4 is 10.6 Å². The quantitative estimate of drug-likeness (QED) is 0.265. The predicted molar refractivity (Wildman–Crippen MR) is 122 cm³/mol. The SMILES string of the molecule is [C-]#[N+]c1ccc(-c2cnc(Nc3cc(NCC(=O)c4ccc(F)cc4)ccc3C)o2)cc1. The minimum absolute atomic E-state index is 0.0812. The van der Waals surface area contributed by atoms with E-state index in [2.05, 4.69) is 20.5 Å². The Morgan fingerprint density at radius 3 is 2.56 bits per heavy atom. The molecule has 0 aliphatic rings. The van der Waals surface area contributed by atoms with Crippen molar-refractivity contribution in [1.82, 2.24) is 4.98 Å². The smallest absolute Gasteiger partial charge is 0.299 e. The molecular formula is C25H19FN4O2. The van der Waals surface area contributed by atoms with Crippen molar-refractivity contribution in [1.29, 1.82) is 0 Å². The number of benzene rings is 3. The van der Waals surface area contributed by atoms with E-state index in [1.165, 1.54) is 24.3 Å². The van der Waals surface area contributed by atoms with Crippen LogP contribution in [0.25, 0.3) is 16.2 Å². The van der Waals surface area contributed by atoms with E-state index in [1.54, 1.807) is 18.3 Å². The minimum Gasteiger partial charge on any atom is -0.423 e. The maximum Gasteiger partial charge on any atom is 0.299 e. The number of oxazole rings is 1. The molecule has 0 bridgehead atoms. The molecule has 0 atom stereocenters. The molecule has 1 aromatic heterocycles. The first-order valence-electron chi connectivity index (χ1n) is 9.86. The lowest BCUT2D eigenvalue weighted by molar-refractivity contribution is 0.101. The van der Waals surface area contributed by atoms with Crippen LogP contribution in [0.3, 0.4) is 0 Å². The number of rotatable bonds is 7. The molecule has 4 aromatic rings. The molecule has 1 heterocycles. The second-order valence-corrected chi connectivity index (χ2v) is 7.13. The number of nitrogens with one attached hydrogen (secondary N) is 2. The van der Waals surface area contributed by atoms with E-state index in [1.807, 2.05) is 37.3 Å². The molecule has 0 fully saturated rings. The highest BCUT2D eigenvalue weighted by atomic mass is 19.1. The van der Waals surface area contributed by atoms with Crippen LogP contribution in [-0.2, 0) is 0 Å². The van der Waals surface area contributed by atoms with E-state index in [9.17, 15) is 9.18 Å². The summed E-state index contributed by atoms with van der Waals surface area (Å²) in [6, 6.07) is 18.5. The topological polar surface area (TPSA) is 71.5 Å². The molecule has 7 heteroatoms. The van der Waals surface area contributed by atoms with Crippen molar-refractivity contribution in [3.8, 4) is 11.3 Å². The molecule has 158 valence electrons. The number of aromatic nitrogens is 1. The van der Waals surface area contributed by atoms with Gasteiger partial charge in [-0.2, -0.15) is 0 Å². The van der Waals surface area contributed by atoms with Gasteiger partial charge in [-0.05, 0) is 48.9 Å². The number of aryl methyl sites for hydroxylation is 1. The normalized spacial score (nSPS) is 10.4. The van der Waals surface area contributed by atoms with Gasteiger partial charge in [0.2, 0.25) is 0 Å². The van der Waals surface area contributed by atoms with Crippen molar-refractivity contribution >= 4 is 28.9 Å². The van der Waals surface area contributed by atoms with Crippen LogP contribution in [0.15, 0.2) is 77.3 Å². The number of carbonyl (C=O) groups is 1. The van der Waals surface area contributed by atoms with Crippen molar-refractivity contribution in [3.05, 3.63) is 101 Å². The first-order chi connectivity index (χ1) is 15.5. The summed E-state index contributed by atoms with van der Waals surface area (Å²) >= 11 is 0. The first kappa shape index (κ1) is 20.8. The van der Waals surface area contributed by atoms with Gasteiger partial charge >= 0.3 is 0 Å². The summed E-state index contributed by atoms with van der Waals surface area (Å²) < 4.78 is 18.8. The number of hydrogen-bond donors (Lipinski definition) is 2. The standard InChI is InChI=1S/C25H19FN4O2/c1-16-3-10-21(28-14-23(31)17-4-8-19(26)9-5-17)13-22(16)30-25-29-15-24(32-25)18-6-11-20(27-2)12-7-18/h3-13,15,28H,14H2,1H3,(H,29,30). The van der Waals surface area contributed by atoms with E-state index >= 15 is 0 Å². The number of anilines is 3. The predicted octanol–water partition coefficient (Wildman–Crippen LogP) is 6.38. The van der Waals surface area contributed by atoms with E-state index < -0.39 is 0 Å². The van der Waals surface area contributed by atoms with Gasteiger partial charge in [-0.1, -0.05) is 30.3 Å². The highest BCUT2D eigenvalue weighted by Gasteiger charge is 2.10. The van der Waals surface area contributed by atoms with Crippen LogP contribution in [0.2, 0.25) is 0 Å². The maximum atomic E-state index is 13.0. The van der Waals surface area contributed by atoms with Gasteiger partial charge in [-0.25, -0.2) is 14.2 Å². The monoisotopic (exact) mass is 426 g/mol. The highest BCUT2D eigenvalue weighted by Crippen LogP contribution is 2.28. The van der Waals surface area contributed by atoms with Crippen LogP contribution in [0, 0.1) is 19.3 Å². The Morgan fingerprint density at radius 2 is 1.84 bits per heavy atom. The zero-order valence-corrected chi connectivity index (χ0v) is 17.2. The van der Waals surface area contributed by atoms with E-state index in [-0.39, 0.29) is 18.1 Å². The summed E-state index contributed by atoms with van der Waals surface area (Å²) in [5.41, 5.74) is 4.33. The van der Waals surface area contributed by atoms with Crippen molar-refractivity contribution in [3.63, 3.8) is 0 Å². The molecule has 0 amide bonds. The zero-order valence-electron chi connectivity index (χ0n) is 17.2. The van der Waals surface area contributed by atoms with Crippen LogP contribution in [0.1, 0.15) is 15.9 Å². The molecule has 0 unspecified atom stereocenters. The number of Topliss-reactive ketones (excluding diaryl/α,β-unsaturated/α-hetero) is 1. The lowest BCUT2D eigenvalue weighted by Crippen LogP contribution is -2.14. The maximum absolute atomic E-state index is 13.0. The van der Waals surface area contributed by atoms with Gasteiger partial charge in [0.25, 0.3) is 6.01 Å². The van der Waals surface area contributed by atoms with Crippen molar-refractivity contribution in [2.24, 2.45) is 0 Å². The average molecular weight is 426 g/mol. The highest BCUT2D eigenvalue weighted by molar-refractivity contribution is 5.99. The summed E-state index contributed by atoms with van der Waals surface area (Å²) in [4.78, 5) is 20.0. The van der Waals surface area contributed by atoms with Crippen LogP contribution in [0.5, 0.6) is 0 Å². The van der Waals surface area contributed by atoms with Crippen LogP contribution in [-0.4, -0.2) is 17.3 Å². The number of carbonyl (C=O) groups excluding carboxylic acids is 1. The summed E-state index contributed by atoms with van der Waals surface area (Å²) in [5.74, 6) is 0.0707. The fourth-order valence-corrected chi connectivity index (χ4v) is 3.07. The fourth-order valence-electron chi connectivity index (χ4n) is 3.07. The molecule has 0 saturated carbocycles. The number of hydrogen-bond acceptors (Lipinski definition) is 5. The number of nitrogens with zero attached hydrogens (tertiary/aromatic N) is 2. The number of halogens is 1. The molecule has 0 aliphatic carbocycles. The minimum atomic E-state index is -0.376. The first-order valence-corrected chi connectivity index (χ1v) is 9.86. The van der Waals surface area contributed by atoms with Crippen LogP contribution in [0.4, 0.5) is 27.5 Å². The largest absolute Gasteiger partial charge is 0.423 e. The lowest BCUT2D eigenvalue weighted by Gasteiger charge is -2.11. The van der Waals surface area contributed by atoms with E-state index in [0.29, 0.717) is 23.0 Å². The van der Waals surface area contributed by atoms with Gasteiger partial charge in [-0.3, -0.25) is 4.79 Å². The molecule has 0 saturated heterocycles. The third-order valence-electron chi connectivity index (χ3n) is 4.89. The van der Waals surface area contributed by atoms with E-state index in [4.69, 9.17) is 11.0 Å². The second kappa shape index (κ2) is 9.14. The summed E-state index contributed by atoms with van der Waals surface area (Å²) in [6.45, 7) is 9.06. The van der Waals surface area contributed by atoms with Crippen molar-refractivity contribution in [2.75, 3.05) is 17.2 Å². The molecule has 32 heavy (non-hydrogen) atoms. The van der Waals surface area contributed by atoms with Gasteiger partial charge < -0.3 is 15.1 Å². The molecule has 0 spiro atoms. The Balaban J connectivity index is 1.44. The van der Waals surface area contributed by atoms with Crippen LogP contribution >= 0.6 is 0 Å². The van der Waals surface area contributed by atoms with Gasteiger partial charge in [-0.15, -0.1) is 0 Å². The molecule has 6 nitrogen and oxygen atoms in total. The summed E-state index contributed by atoms with van der Waals surface area (Å²) in [7, 11) is 0. The van der Waals surface area contributed by atoms with Gasteiger partial charge in [0.1, 0.15) is 5.82 Å². The van der Waals surface area contributed by atoms with Crippen molar-refractivity contribution < 1.29 is 13.6 Å². The van der Waals surface area contributed by atoms with Crippen molar-refractivity contribution in [2.45, 2.75) is 6.92 Å². The van der Waals surface area contributed by atoms with Gasteiger partial charge in [0.15, 0.2) is 17.2 Å². The fraction of sp³-hybridized carbons (Fsp3) is 0.0800. The molecular weight excluding hydrogens is 407 g/mol. The van der Waals surface area contributed by atoms with Gasteiger partial charge in [0, 0.05) is 22.5 Å². The Kier molecular flexibility index (Phi) is 5.95. The Bertz CT molecular complexity index is 1290. The third-order valence-corrected chi connectivity index (χ3v) is 4.89. The molecule has 0 aliphatic heterocycles. The zero-order chi connectivity index (χ0) is 22.5. The lowest BCUT2D eigenvalue weighted by atomic mass is 10.1. The second-order valence-electron chi connectivity index (χ2n) is 7.13. The Morgan fingerprint density at radius 1 is 1.09 bits per heavy atom.